The van der Waals surface area contributed by atoms with E-state index in [9.17, 15) is 9.59 Å². The van der Waals surface area contributed by atoms with Crippen molar-refractivity contribution in [1.29, 1.82) is 0 Å². The largest absolute Gasteiger partial charge is 0.466 e. The average Bonchev–Trinajstić information content (AvgIpc) is 2.96. The zero-order chi connectivity index (χ0) is 15.0. The molecule has 0 unspecified atom stereocenters. The van der Waals surface area contributed by atoms with Crippen molar-refractivity contribution in [3.8, 4) is 0 Å². The van der Waals surface area contributed by atoms with Crippen LogP contribution in [0.1, 0.15) is 20.8 Å². The molecule has 0 radical (unpaired) electrons. The predicted molar refractivity (Wildman–Crippen MR) is 77.2 cm³/mol. The summed E-state index contributed by atoms with van der Waals surface area (Å²) < 4.78 is 9.72. The van der Waals surface area contributed by atoms with Crippen molar-refractivity contribution < 1.29 is 19.1 Å². The van der Waals surface area contributed by atoms with Crippen LogP contribution < -0.4 is 0 Å². The third-order valence-electron chi connectivity index (χ3n) is 3.95. The monoisotopic (exact) mass is 299 g/mol. The molecule has 0 aromatic heterocycles. The maximum absolute atomic E-state index is 12.1. The van der Waals surface area contributed by atoms with Crippen molar-refractivity contribution in [2.45, 2.75) is 38.2 Å². The number of ether oxygens (including phenoxy) is 2. The minimum absolute atomic E-state index is 0.0519. The molecule has 0 saturated carbocycles. The molecule has 1 saturated heterocycles. The number of hydrogen-bond donors (Lipinski definition) is 0. The van der Waals surface area contributed by atoms with E-state index < -0.39 is 11.9 Å². The van der Waals surface area contributed by atoms with E-state index in [2.05, 4.69) is 18.7 Å². The zero-order valence-electron chi connectivity index (χ0n) is 12.5. The SMILES string of the molecule is COC(=O)C1=C(C(=O)OC)[C@H]2CS[C@H](C(C)C)N2[C@@H]1C. The molecule has 2 aliphatic rings. The quantitative estimate of drug-likeness (QED) is 0.735. The van der Waals surface area contributed by atoms with Crippen molar-refractivity contribution in [2.75, 3.05) is 20.0 Å². The van der Waals surface area contributed by atoms with Gasteiger partial charge in [-0.05, 0) is 12.8 Å². The second-order valence-corrected chi connectivity index (χ2v) is 6.57. The lowest BCUT2D eigenvalue weighted by Crippen LogP contribution is -2.42. The highest BCUT2D eigenvalue weighted by atomic mass is 32.2. The Morgan fingerprint density at radius 2 is 1.75 bits per heavy atom. The van der Waals surface area contributed by atoms with Gasteiger partial charge in [0.15, 0.2) is 0 Å². The number of thioether (sulfide) groups is 1. The van der Waals surface area contributed by atoms with Crippen molar-refractivity contribution in [2.24, 2.45) is 5.92 Å². The Labute approximate surface area is 123 Å². The highest BCUT2D eigenvalue weighted by Crippen LogP contribution is 2.45. The van der Waals surface area contributed by atoms with Gasteiger partial charge in [-0.1, -0.05) is 13.8 Å². The maximum atomic E-state index is 12.1. The van der Waals surface area contributed by atoms with Gasteiger partial charge in [0.25, 0.3) is 0 Å². The van der Waals surface area contributed by atoms with Crippen LogP contribution in [-0.2, 0) is 19.1 Å². The minimum Gasteiger partial charge on any atom is -0.466 e. The summed E-state index contributed by atoms with van der Waals surface area (Å²) in [6.07, 6.45) is 0. The van der Waals surface area contributed by atoms with Crippen LogP contribution in [0.15, 0.2) is 11.1 Å². The molecule has 0 bridgehead atoms. The molecule has 5 nitrogen and oxygen atoms in total. The fourth-order valence-corrected chi connectivity index (χ4v) is 4.70. The number of esters is 2. The summed E-state index contributed by atoms with van der Waals surface area (Å²) in [5.74, 6) is 0.399. The standard InChI is InChI=1S/C14H21NO4S/c1-7(2)12-15-8(3)10(13(16)18-4)11(14(17)19-5)9(15)6-20-12/h7-9,12H,6H2,1-5H3/t8-,9-,12-/m1/s1. The summed E-state index contributed by atoms with van der Waals surface area (Å²) in [7, 11) is 2.69. The van der Waals surface area contributed by atoms with Crippen LogP contribution in [0.4, 0.5) is 0 Å². The van der Waals surface area contributed by atoms with E-state index in [-0.39, 0.29) is 12.1 Å². The first-order valence-corrected chi connectivity index (χ1v) is 7.78. The fourth-order valence-electron chi connectivity index (χ4n) is 3.10. The van der Waals surface area contributed by atoms with Gasteiger partial charge in [-0.3, -0.25) is 4.90 Å². The molecular formula is C14H21NO4S. The Kier molecular flexibility index (Phi) is 4.44. The smallest absolute Gasteiger partial charge is 0.335 e. The maximum Gasteiger partial charge on any atom is 0.335 e. The molecule has 1 fully saturated rings. The van der Waals surface area contributed by atoms with Gasteiger partial charge in [-0.25, -0.2) is 9.59 Å². The predicted octanol–water partition coefficient (Wildman–Crippen LogP) is 1.43. The topological polar surface area (TPSA) is 55.8 Å². The second-order valence-electron chi connectivity index (χ2n) is 5.42. The van der Waals surface area contributed by atoms with Crippen molar-refractivity contribution in [1.82, 2.24) is 4.90 Å². The van der Waals surface area contributed by atoms with E-state index in [0.29, 0.717) is 22.4 Å². The molecule has 0 aliphatic carbocycles. The van der Waals surface area contributed by atoms with E-state index in [1.165, 1.54) is 14.2 Å². The van der Waals surface area contributed by atoms with Crippen LogP contribution in [0, 0.1) is 5.92 Å². The summed E-state index contributed by atoms with van der Waals surface area (Å²) in [6, 6.07) is -0.173. The van der Waals surface area contributed by atoms with E-state index in [0.717, 1.165) is 5.75 Å². The molecule has 0 amide bonds. The van der Waals surface area contributed by atoms with Crippen molar-refractivity contribution >= 4 is 23.7 Å². The summed E-state index contributed by atoms with van der Waals surface area (Å²) >= 11 is 1.83. The van der Waals surface area contributed by atoms with Gasteiger partial charge in [0.05, 0.1) is 36.8 Å². The number of methoxy groups -OCH3 is 2. The first kappa shape index (κ1) is 15.4. The number of nitrogens with zero attached hydrogens (tertiary/aromatic N) is 1. The lowest BCUT2D eigenvalue weighted by Gasteiger charge is -2.31. The molecule has 0 aromatic carbocycles. The van der Waals surface area contributed by atoms with Gasteiger partial charge >= 0.3 is 11.9 Å². The van der Waals surface area contributed by atoms with Crippen molar-refractivity contribution in [3.05, 3.63) is 11.1 Å². The molecule has 6 heteroatoms. The Bertz CT molecular complexity index is 460. The summed E-state index contributed by atoms with van der Waals surface area (Å²) in [5.41, 5.74) is 0.929. The number of rotatable bonds is 3. The molecule has 0 aromatic rings. The van der Waals surface area contributed by atoms with Gasteiger partial charge in [0.1, 0.15) is 0 Å². The third-order valence-corrected chi connectivity index (χ3v) is 5.59. The van der Waals surface area contributed by atoms with Gasteiger partial charge in [0.2, 0.25) is 0 Å². The van der Waals surface area contributed by atoms with Crippen LogP contribution >= 0.6 is 11.8 Å². The Hall–Kier alpha value is -1.01. The Balaban J connectivity index is 2.44. The Morgan fingerprint density at radius 1 is 1.20 bits per heavy atom. The van der Waals surface area contributed by atoms with E-state index in [1.54, 1.807) is 0 Å². The molecule has 2 rings (SSSR count). The highest BCUT2D eigenvalue weighted by Gasteiger charge is 2.51. The second kappa shape index (κ2) is 5.77. The van der Waals surface area contributed by atoms with Crippen LogP contribution in [0.2, 0.25) is 0 Å². The van der Waals surface area contributed by atoms with Crippen LogP contribution in [-0.4, -0.2) is 54.3 Å². The fraction of sp³-hybridized carbons (Fsp3) is 0.714. The van der Waals surface area contributed by atoms with E-state index in [1.807, 2.05) is 18.7 Å². The summed E-state index contributed by atoms with van der Waals surface area (Å²) in [6.45, 7) is 6.26. The van der Waals surface area contributed by atoms with Crippen LogP contribution in [0.3, 0.4) is 0 Å². The van der Waals surface area contributed by atoms with Gasteiger partial charge in [0, 0.05) is 11.8 Å². The van der Waals surface area contributed by atoms with Crippen molar-refractivity contribution in [3.63, 3.8) is 0 Å². The summed E-state index contributed by atoms with van der Waals surface area (Å²) in [4.78, 5) is 26.4. The first-order chi connectivity index (χ1) is 9.43. The number of hydrogen-bond acceptors (Lipinski definition) is 6. The van der Waals surface area contributed by atoms with E-state index in [4.69, 9.17) is 9.47 Å². The number of carbonyl (C=O) groups excluding carboxylic acids is 2. The highest BCUT2D eigenvalue weighted by molar-refractivity contribution is 8.00. The molecule has 0 N–H and O–H groups in total. The lowest BCUT2D eigenvalue weighted by atomic mass is 10.0. The zero-order valence-corrected chi connectivity index (χ0v) is 13.3. The van der Waals surface area contributed by atoms with Gasteiger partial charge in [-0.2, -0.15) is 0 Å². The van der Waals surface area contributed by atoms with Gasteiger partial charge in [-0.15, -0.1) is 11.8 Å². The summed E-state index contributed by atoms with van der Waals surface area (Å²) in [5, 5.41) is 0.303. The number of fused-ring (bicyclic) bond motifs is 1. The molecule has 3 atom stereocenters. The normalized spacial score (nSPS) is 29.8. The van der Waals surface area contributed by atoms with E-state index >= 15 is 0 Å². The van der Waals surface area contributed by atoms with Crippen LogP contribution in [0.25, 0.3) is 0 Å². The van der Waals surface area contributed by atoms with Crippen LogP contribution in [0.5, 0.6) is 0 Å². The van der Waals surface area contributed by atoms with Gasteiger partial charge < -0.3 is 9.47 Å². The third kappa shape index (κ3) is 2.24. The average molecular weight is 299 g/mol. The first-order valence-electron chi connectivity index (χ1n) is 6.73. The molecule has 2 aliphatic heterocycles. The molecule has 20 heavy (non-hydrogen) atoms. The molecule has 112 valence electrons. The number of carbonyl (C=O) groups is 2. The molecule has 2 heterocycles. The molecular weight excluding hydrogens is 278 g/mol. The lowest BCUT2D eigenvalue weighted by molar-refractivity contribution is -0.139. The Morgan fingerprint density at radius 3 is 2.25 bits per heavy atom. The molecule has 0 spiro atoms. The minimum atomic E-state index is -0.431.